The van der Waals surface area contributed by atoms with Gasteiger partial charge in [0, 0.05) is 18.8 Å². The van der Waals surface area contributed by atoms with Crippen molar-refractivity contribution in [2.45, 2.75) is 13.1 Å². The maximum absolute atomic E-state index is 14.1. The molecule has 2 aromatic carbocycles. The van der Waals surface area contributed by atoms with Crippen molar-refractivity contribution in [3.8, 4) is 0 Å². The minimum absolute atomic E-state index is 0.0652. The lowest BCUT2D eigenvalue weighted by Gasteiger charge is -2.19. The lowest BCUT2D eigenvalue weighted by Crippen LogP contribution is -2.19. The summed E-state index contributed by atoms with van der Waals surface area (Å²) in [6.45, 7) is 1.21. The van der Waals surface area contributed by atoms with Crippen LogP contribution >= 0.6 is 0 Å². The summed E-state index contributed by atoms with van der Waals surface area (Å²) in [5.41, 5.74) is 13.8. The lowest BCUT2D eigenvalue weighted by atomic mass is 10.1. The van der Waals surface area contributed by atoms with Crippen LogP contribution in [-0.4, -0.2) is 5.91 Å². The molecule has 0 radical (unpaired) electrons. The summed E-state index contributed by atoms with van der Waals surface area (Å²) in [6.07, 6.45) is 0. The molecule has 5 heteroatoms. The van der Waals surface area contributed by atoms with Crippen LogP contribution in [0.5, 0.6) is 0 Å². The maximum atomic E-state index is 14.1. The van der Waals surface area contributed by atoms with Gasteiger partial charge in [0.1, 0.15) is 5.82 Å². The van der Waals surface area contributed by atoms with Crippen LogP contribution in [0.2, 0.25) is 0 Å². The molecule has 4 N–H and O–H groups in total. The molecule has 0 atom stereocenters. The lowest BCUT2D eigenvalue weighted by molar-refractivity contribution is 0.100. The molecule has 0 aromatic heterocycles. The number of amides is 1. The molecule has 4 nitrogen and oxygen atoms in total. The van der Waals surface area contributed by atoms with Crippen molar-refractivity contribution in [3.63, 3.8) is 0 Å². The first-order valence-electron chi connectivity index (χ1n) is 6.27. The van der Waals surface area contributed by atoms with E-state index < -0.39 is 11.7 Å². The highest BCUT2D eigenvalue weighted by Crippen LogP contribution is 2.32. The third-order valence-electron chi connectivity index (χ3n) is 3.57. The highest BCUT2D eigenvalue weighted by Gasteiger charge is 2.23. The number of primary amides is 1. The van der Waals surface area contributed by atoms with E-state index in [0.29, 0.717) is 18.8 Å². The Kier molecular flexibility index (Phi) is 2.82. The number of benzene rings is 2. The van der Waals surface area contributed by atoms with E-state index >= 15 is 0 Å². The van der Waals surface area contributed by atoms with E-state index in [2.05, 4.69) is 0 Å². The van der Waals surface area contributed by atoms with E-state index in [1.54, 1.807) is 0 Å². The van der Waals surface area contributed by atoms with Gasteiger partial charge in [0.15, 0.2) is 0 Å². The Labute approximate surface area is 115 Å². The molecule has 0 aliphatic carbocycles. The first kappa shape index (κ1) is 12.5. The third-order valence-corrected chi connectivity index (χ3v) is 3.57. The average Bonchev–Trinajstić information content (AvgIpc) is 2.81. The van der Waals surface area contributed by atoms with Gasteiger partial charge in [-0.05, 0) is 23.3 Å². The van der Waals surface area contributed by atoms with Gasteiger partial charge in [0.05, 0.1) is 11.3 Å². The van der Waals surface area contributed by atoms with Crippen molar-refractivity contribution in [2.75, 3.05) is 10.6 Å². The van der Waals surface area contributed by atoms with E-state index in [1.165, 1.54) is 6.07 Å². The van der Waals surface area contributed by atoms with Crippen LogP contribution in [0.15, 0.2) is 36.4 Å². The van der Waals surface area contributed by atoms with E-state index in [4.69, 9.17) is 11.5 Å². The molecule has 20 heavy (non-hydrogen) atoms. The summed E-state index contributed by atoms with van der Waals surface area (Å²) in [6, 6.07) is 10.5. The molecule has 2 aromatic rings. The number of nitrogens with two attached hydrogens (primary N) is 2. The molecule has 0 saturated carbocycles. The zero-order chi connectivity index (χ0) is 14.3. The van der Waals surface area contributed by atoms with Crippen LogP contribution < -0.4 is 16.4 Å². The summed E-state index contributed by atoms with van der Waals surface area (Å²) in [4.78, 5) is 13.2. The second-order valence-corrected chi connectivity index (χ2v) is 4.88. The average molecular weight is 271 g/mol. The number of hydrogen-bond donors (Lipinski definition) is 2. The fraction of sp³-hybridized carbons (Fsp3) is 0.133. The molecule has 1 amide bonds. The van der Waals surface area contributed by atoms with E-state index in [1.807, 2.05) is 29.2 Å². The van der Waals surface area contributed by atoms with Gasteiger partial charge in [0.2, 0.25) is 0 Å². The van der Waals surface area contributed by atoms with Crippen molar-refractivity contribution < 1.29 is 9.18 Å². The molecule has 102 valence electrons. The van der Waals surface area contributed by atoms with Crippen LogP contribution in [0.1, 0.15) is 21.5 Å². The number of hydrogen-bond acceptors (Lipinski definition) is 3. The Morgan fingerprint density at radius 2 is 1.75 bits per heavy atom. The molecule has 3 rings (SSSR count). The van der Waals surface area contributed by atoms with Gasteiger partial charge in [-0.2, -0.15) is 0 Å². The first-order chi connectivity index (χ1) is 9.56. The molecule has 0 spiro atoms. The second kappa shape index (κ2) is 4.52. The third kappa shape index (κ3) is 1.97. The largest absolute Gasteiger partial charge is 0.398 e. The highest BCUT2D eigenvalue weighted by atomic mass is 19.1. The second-order valence-electron chi connectivity index (χ2n) is 4.88. The van der Waals surface area contributed by atoms with Crippen LogP contribution in [-0.2, 0) is 13.1 Å². The Morgan fingerprint density at radius 1 is 1.15 bits per heavy atom. The van der Waals surface area contributed by atoms with E-state index in [0.717, 1.165) is 17.2 Å². The van der Waals surface area contributed by atoms with Crippen LogP contribution in [0.4, 0.5) is 15.8 Å². The number of anilines is 2. The minimum atomic E-state index is -0.652. The fourth-order valence-corrected chi connectivity index (χ4v) is 2.54. The predicted molar refractivity (Wildman–Crippen MR) is 75.7 cm³/mol. The van der Waals surface area contributed by atoms with Gasteiger partial charge >= 0.3 is 0 Å². The summed E-state index contributed by atoms with van der Waals surface area (Å²) in [5, 5.41) is 0. The SMILES string of the molecule is NC(=O)c1cc(N2Cc3ccccc3C2)c(F)cc1N. The smallest absolute Gasteiger partial charge is 0.250 e. The zero-order valence-corrected chi connectivity index (χ0v) is 10.8. The van der Waals surface area contributed by atoms with Gasteiger partial charge in [-0.3, -0.25) is 4.79 Å². The van der Waals surface area contributed by atoms with Gasteiger partial charge in [-0.25, -0.2) is 4.39 Å². The number of nitrogen functional groups attached to an aromatic ring is 1. The van der Waals surface area contributed by atoms with Gasteiger partial charge < -0.3 is 16.4 Å². The number of fused-ring (bicyclic) bond motifs is 1. The number of carbonyl (C=O) groups excluding carboxylic acids is 1. The molecular weight excluding hydrogens is 257 g/mol. The fourth-order valence-electron chi connectivity index (χ4n) is 2.54. The molecule has 1 aliphatic heterocycles. The van der Waals surface area contributed by atoms with Crippen molar-refractivity contribution in [1.82, 2.24) is 0 Å². The van der Waals surface area contributed by atoms with Gasteiger partial charge in [0.25, 0.3) is 5.91 Å². The predicted octanol–water partition coefficient (Wildman–Crippen LogP) is 2.03. The summed E-state index contributed by atoms with van der Waals surface area (Å²) in [7, 11) is 0. The van der Waals surface area contributed by atoms with Crippen molar-refractivity contribution >= 4 is 17.3 Å². The first-order valence-corrected chi connectivity index (χ1v) is 6.27. The molecule has 0 bridgehead atoms. The Morgan fingerprint density at radius 3 is 2.30 bits per heavy atom. The quantitative estimate of drug-likeness (QED) is 0.821. The summed E-state index contributed by atoms with van der Waals surface area (Å²) < 4.78 is 14.1. The minimum Gasteiger partial charge on any atom is -0.398 e. The number of halogens is 1. The molecule has 1 heterocycles. The Bertz CT molecular complexity index is 675. The van der Waals surface area contributed by atoms with Crippen molar-refractivity contribution in [3.05, 3.63) is 58.9 Å². The van der Waals surface area contributed by atoms with Gasteiger partial charge in [-0.15, -0.1) is 0 Å². The zero-order valence-electron chi connectivity index (χ0n) is 10.8. The monoisotopic (exact) mass is 271 g/mol. The Balaban J connectivity index is 2.00. The van der Waals surface area contributed by atoms with Crippen LogP contribution in [0.3, 0.4) is 0 Å². The molecule has 1 aliphatic rings. The number of carbonyl (C=O) groups is 1. The van der Waals surface area contributed by atoms with Crippen molar-refractivity contribution in [2.24, 2.45) is 5.73 Å². The Hall–Kier alpha value is -2.56. The highest BCUT2D eigenvalue weighted by molar-refractivity contribution is 5.99. The van der Waals surface area contributed by atoms with E-state index in [9.17, 15) is 9.18 Å². The normalized spacial score (nSPS) is 13.3. The van der Waals surface area contributed by atoms with Crippen LogP contribution in [0, 0.1) is 5.82 Å². The summed E-state index contributed by atoms with van der Waals surface area (Å²) in [5.74, 6) is -1.10. The molecular formula is C15H14FN3O. The van der Waals surface area contributed by atoms with Gasteiger partial charge in [-0.1, -0.05) is 24.3 Å². The van der Waals surface area contributed by atoms with E-state index in [-0.39, 0.29) is 11.3 Å². The topological polar surface area (TPSA) is 72.4 Å². The number of rotatable bonds is 2. The molecule has 0 unspecified atom stereocenters. The molecule has 0 fully saturated rings. The maximum Gasteiger partial charge on any atom is 0.250 e. The summed E-state index contributed by atoms with van der Waals surface area (Å²) >= 11 is 0. The van der Waals surface area contributed by atoms with Crippen molar-refractivity contribution in [1.29, 1.82) is 0 Å². The number of nitrogens with zero attached hydrogens (tertiary/aromatic N) is 1. The van der Waals surface area contributed by atoms with Crippen LogP contribution in [0.25, 0.3) is 0 Å². The molecule has 0 saturated heterocycles. The standard InChI is InChI=1S/C15H14FN3O/c16-12-6-13(17)11(15(18)20)5-14(12)19-7-9-3-1-2-4-10(9)8-19/h1-6H,7-8,17H2,(H2,18,20).